The number of fused-ring (bicyclic) bond motifs is 1. The Morgan fingerprint density at radius 2 is 2.30 bits per heavy atom. The quantitative estimate of drug-likeness (QED) is 0.627. The van der Waals surface area contributed by atoms with E-state index in [0.29, 0.717) is 0 Å². The Hall–Kier alpha value is -0.340. The van der Waals surface area contributed by atoms with Crippen LogP contribution in [-0.4, -0.2) is 0 Å². The van der Waals surface area contributed by atoms with E-state index >= 15 is 0 Å². The van der Waals surface area contributed by atoms with Crippen molar-refractivity contribution >= 4 is 37.4 Å². The zero-order valence-electron chi connectivity index (χ0n) is 5.10. The van der Waals surface area contributed by atoms with Crippen LogP contribution in [0.2, 0.25) is 0 Å². The van der Waals surface area contributed by atoms with E-state index in [1.165, 1.54) is 10.1 Å². The first-order valence-electron chi connectivity index (χ1n) is 2.91. The van der Waals surface area contributed by atoms with Gasteiger partial charge in [-0.25, -0.2) is 0 Å². The van der Waals surface area contributed by atoms with Crippen molar-refractivity contribution in [3.63, 3.8) is 0 Å². The molecule has 0 bridgehead atoms. The maximum absolute atomic E-state index is 3.41. The summed E-state index contributed by atoms with van der Waals surface area (Å²) in [4.78, 5) is 0. The highest BCUT2D eigenvalue weighted by atomic mass is 79.9. The zero-order valence-corrected chi connectivity index (χ0v) is 7.50. The summed E-state index contributed by atoms with van der Waals surface area (Å²) >= 11 is 5.06. The molecule has 2 heteroatoms. The zero-order chi connectivity index (χ0) is 6.97. The summed E-state index contributed by atoms with van der Waals surface area (Å²) in [7, 11) is 0. The second-order valence-electron chi connectivity index (χ2n) is 2.05. The van der Waals surface area contributed by atoms with Crippen molar-refractivity contribution in [1.29, 1.82) is 0 Å². The number of thiophene rings is 1. The molecule has 2 rings (SSSR count). The van der Waals surface area contributed by atoms with Gasteiger partial charge in [0, 0.05) is 14.6 Å². The molecule has 2 aromatic rings. The lowest BCUT2D eigenvalue weighted by Gasteiger charge is -1.88. The van der Waals surface area contributed by atoms with Crippen molar-refractivity contribution in [1.82, 2.24) is 0 Å². The summed E-state index contributed by atoms with van der Waals surface area (Å²) in [6, 6.07) is 8.25. The van der Waals surface area contributed by atoms with Gasteiger partial charge < -0.3 is 0 Å². The van der Waals surface area contributed by atoms with Gasteiger partial charge in [-0.1, -0.05) is 15.9 Å². The summed E-state index contributed by atoms with van der Waals surface area (Å²) in [6.45, 7) is 0. The van der Waals surface area contributed by atoms with Crippen LogP contribution in [-0.2, 0) is 0 Å². The molecule has 0 aliphatic heterocycles. The lowest BCUT2D eigenvalue weighted by Crippen LogP contribution is -1.61. The monoisotopic (exact) mass is 211 g/mol. The topological polar surface area (TPSA) is 0 Å². The Morgan fingerprint density at radius 1 is 1.40 bits per heavy atom. The molecule has 1 radical (unpaired) electrons. The van der Waals surface area contributed by atoms with Crippen LogP contribution < -0.4 is 0 Å². The second-order valence-corrected chi connectivity index (χ2v) is 3.84. The van der Waals surface area contributed by atoms with Crippen molar-refractivity contribution in [2.45, 2.75) is 0 Å². The van der Waals surface area contributed by atoms with E-state index in [0.717, 1.165) is 4.47 Å². The summed E-state index contributed by atoms with van der Waals surface area (Å²) in [6.07, 6.45) is 0. The molecule has 0 saturated heterocycles. The minimum atomic E-state index is 1.13. The lowest BCUT2D eigenvalue weighted by molar-refractivity contribution is 1.77. The fourth-order valence-electron chi connectivity index (χ4n) is 0.881. The molecule has 1 heterocycles. The molecule has 10 heavy (non-hydrogen) atoms. The summed E-state index contributed by atoms with van der Waals surface area (Å²) in [5, 5.41) is 4.35. The third kappa shape index (κ3) is 0.976. The third-order valence-electron chi connectivity index (χ3n) is 1.36. The van der Waals surface area contributed by atoms with Crippen LogP contribution in [0, 0.1) is 5.38 Å². The minimum absolute atomic E-state index is 1.13. The highest BCUT2D eigenvalue weighted by Gasteiger charge is 1.93. The molecule has 0 nitrogen and oxygen atoms in total. The van der Waals surface area contributed by atoms with Gasteiger partial charge in [-0.3, -0.25) is 0 Å². The van der Waals surface area contributed by atoms with Crippen LogP contribution in [0.3, 0.4) is 0 Å². The molecular formula is C8H4BrS. The number of rotatable bonds is 0. The Kier molecular flexibility index (Phi) is 1.51. The van der Waals surface area contributed by atoms with Crippen LogP contribution >= 0.6 is 27.3 Å². The van der Waals surface area contributed by atoms with E-state index in [1.807, 2.05) is 12.1 Å². The van der Waals surface area contributed by atoms with Gasteiger partial charge in [0.1, 0.15) is 0 Å². The molecule has 1 aromatic heterocycles. The van der Waals surface area contributed by atoms with Gasteiger partial charge in [0.15, 0.2) is 0 Å². The normalized spacial score (nSPS) is 10.5. The van der Waals surface area contributed by atoms with E-state index in [2.05, 4.69) is 33.4 Å². The third-order valence-corrected chi connectivity index (χ3v) is 2.68. The molecule has 0 unspecified atom stereocenters. The molecule has 0 amide bonds. The maximum atomic E-state index is 3.41. The van der Waals surface area contributed by atoms with Crippen molar-refractivity contribution in [2.24, 2.45) is 0 Å². The summed E-state index contributed by atoms with van der Waals surface area (Å²) in [5.41, 5.74) is 0. The maximum Gasteiger partial charge on any atom is 0.0455 e. The second kappa shape index (κ2) is 2.36. The average molecular weight is 212 g/mol. The molecule has 0 aliphatic rings. The number of benzene rings is 1. The number of hydrogen-bond donors (Lipinski definition) is 0. The van der Waals surface area contributed by atoms with E-state index in [9.17, 15) is 0 Å². The van der Waals surface area contributed by atoms with Crippen LogP contribution in [0.1, 0.15) is 0 Å². The number of hydrogen-bond acceptors (Lipinski definition) is 1. The van der Waals surface area contributed by atoms with Gasteiger partial charge in [-0.2, -0.15) is 0 Å². The van der Waals surface area contributed by atoms with E-state index in [4.69, 9.17) is 0 Å². The SMILES string of the molecule is Brc1ccc2s[c]cc2c1. The van der Waals surface area contributed by atoms with Crippen molar-refractivity contribution in [3.8, 4) is 0 Å². The van der Waals surface area contributed by atoms with Gasteiger partial charge in [0.25, 0.3) is 0 Å². The molecule has 0 fully saturated rings. The predicted molar refractivity (Wildman–Crippen MR) is 48.4 cm³/mol. The first-order valence-corrected chi connectivity index (χ1v) is 4.52. The van der Waals surface area contributed by atoms with Crippen molar-refractivity contribution < 1.29 is 0 Å². The van der Waals surface area contributed by atoms with E-state index in [-0.39, 0.29) is 0 Å². The molecule has 0 spiro atoms. The first kappa shape index (κ1) is 6.38. The van der Waals surface area contributed by atoms with Gasteiger partial charge in [-0.15, -0.1) is 11.3 Å². The minimum Gasteiger partial charge on any atom is -0.134 e. The first-order chi connectivity index (χ1) is 4.86. The molecule has 0 atom stereocenters. The standard InChI is InChI=1S/C8H4BrS/c9-7-1-2-8-6(5-7)3-4-10-8/h1-3,5H. The molecule has 49 valence electrons. The Morgan fingerprint density at radius 3 is 3.20 bits per heavy atom. The van der Waals surface area contributed by atoms with Crippen LogP contribution in [0.15, 0.2) is 28.7 Å². The van der Waals surface area contributed by atoms with Crippen LogP contribution in [0.4, 0.5) is 0 Å². The Balaban J connectivity index is 2.86. The molecule has 1 aromatic carbocycles. The fraction of sp³-hybridized carbons (Fsp3) is 0. The van der Waals surface area contributed by atoms with Gasteiger partial charge in [0.2, 0.25) is 0 Å². The Labute approximate surface area is 71.6 Å². The van der Waals surface area contributed by atoms with Gasteiger partial charge in [-0.05, 0) is 29.7 Å². The van der Waals surface area contributed by atoms with Crippen molar-refractivity contribution in [3.05, 3.63) is 34.1 Å². The largest absolute Gasteiger partial charge is 0.134 e. The fourth-order valence-corrected chi connectivity index (χ4v) is 1.94. The molecule has 0 saturated carbocycles. The van der Waals surface area contributed by atoms with E-state index < -0.39 is 0 Å². The van der Waals surface area contributed by atoms with Gasteiger partial charge in [0.05, 0.1) is 0 Å². The van der Waals surface area contributed by atoms with Crippen LogP contribution in [0.25, 0.3) is 10.1 Å². The van der Waals surface area contributed by atoms with Crippen LogP contribution in [0.5, 0.6) is 0 Å². The molecule has 0 N–H and O–H groups in total. The van der Waals surface area contributed by atoms with Gasteiger partial charge >= 0.3 is 0 Å². The summed E-state index contributed by atoms with van der Waals surface area (Å²) < 4.78 is 2.43. The lowest BCUT2D eigenvalue weighted by atomic mass is 10.3. The molecule has 0 aliphatic carbocycles. The molecular weight excluding hydrogens is 208 g/mol. The number of halogens is 1. The van der Waals surface area contributed by atoms with Crippen molar-refractivity contribution in [2.75, 3.05) is 0 Å². The Bertz CT molecular complexity index is 351. The highest BCUT2D eigenvalue weighted by Crippen LogP contribution is 2.23. The average Bonchev–Trinajstić information content (AvgIpc) is 2.33. The smallest absolute Gasteiger partial charge is 0.0455 e. The predicted octanol–water partition coefficient (Wildman–Crippen LogP) is 3.46. The highest BCUT2D eigenvalue weighted by molar-refractivity contribution is 9.10. The van der Waals surface area contributed by atoms with E-state index in [1.54, 1.807) is 11.3 Å². The summed E-state index contributed by atoms with van der Waals surface area (Å²) in [5.74, 6) is 0.